The van der Waals surface area contributed by atoms with Crippen molar-refractivity contribution in [2.45, 2.75) is 104 Å². The zero-order valence-electron chi connectivity index (χ0n) is 16.6. The molecule has 0 aliphatic heterocycles. The molecule has 0 saturated heterocycles. The molecule has 0 amide bonds. The van der Waals surface area contributed by atoms with Crippen LogP contribution in [-0.4, -0.2) is 42.0 Å². The topological polar surface area (TPSA) is 84.9 Å². The minimum absolute atomic E-state index is 0. The Morgan fingerprint density at radius 1 is 0.880 bits per heavy atom. The summed E-state index contributed by atoms with van der Waals surface area (Å²) in [6.07, 6.45) is -0.328. The van der Waals surface area contributed by atoms with Crippen molar-refractivity contribution in [1.82, 2.24) is 0 Å². The number of rotatable bonds is 13. The number of ether oxygens (including phenoxy) is 3. The van der Waals surface area contributed by atoms with E-state index in [-0.39, 0.29) is 40.3 Å². The normalized spacial score (nSPS) is 18.4. The Morgan fingerprint density at radius 3 is 1.56 bits per heavy atom. The second-order valence-corrected chi connectivity index (χ2v) is 6.21. The quantitative estimate of drug-likeness (QED) is 0.271. The van der Waals surface area contributed by atoms with E-state index < -0.39 is 29.7 Å². The predicted molar refractivity (Wildman–Crippen MR) is 89.3 cm³/mol. The monoisotopic (exact) mass is 393 g/mol. The fraction of sp³-hybridized carbons (Fsp3) is 0.889. The number of carbonyl (C=O) groups is 2. The molecule has 4 unspecified atom stereocenters. The molecular weight excluding hydrogens is 360 g/mol. The van der Waals surface area contributed by atoms with Crippen LogP contribution in [0.4, 0.5) is 0 Å². The molecular formula is C18H33O6Ti. The smallest absolute Gasteiger partial charge is 0.546 e. The van der Waals surface area contributed by atoms with Crippen molar-refractivity contribution in [3.63, 3.8) is 0 Å². The van der Waals surface area contributed by atoms with Gasteiger partial charge in [0.15, 0.2) is 5.60 Å². The van der Waals surface area contributed by atoms with Crippen molar-refractivity contribution in [3.05, 3.63) is 0 Å². The maximum Gasteiger partial charge on any atom is 1.00 e. The van der Waals surface area contributed by atoms with Gasteiger partial charge in [0.25, 0.3) is 0 Å². The molecule has 0 fully saturated rings. The molecule has 0 spiro atoms. The molecule has 0 heterocycles. The molecule has 1 radical (unpaired) electrons. The van der Waals surface area contributed by atoms with E-state index in [0.29, 0.717) is 19.3 Å². The third-order valence-corrected chi connectivity index (χ3v) is 4.28. The fourth-order valence-electron chi connectivity index (χ4n) is 2.00. The van der Waals surface area contributed by atoms with Gasteiger partial charge in [0.1, 0.15) is 0 Å². The average Bonchev–Trinajstić information content (AvgIpc) is 2.57. The standard InChI is InChI=1S/C18H34O6.Ti/c1-8-12(5)22-16(23-13(6)9-2)15(19)18(11-4,17(20)21)24-14(7)10-3;/h12-14,16H,8-11H2,1-7H3,(H,20,21);/q;+1/p-1. The van der Waals surface area contributed by atoms with E-state index in [9.17, 15) is 14.7 Å². The number of carbonyl (C=O) groups excluding carboxylic acids is 2. The van der Waals surface area contributed by atoms with Crippen LogP contribution in [0.3, 0.4) is 0 Å². The minimum atomic E-state index is -2.07. The van der Waals surface area contributed by atoms with E-state index in [1.54, 1.807) is 13.8 Å². The van der Waals surface area contributed by atoms with Crippen molar-refractivity contribution in [3.8, 4) is 0 Å². The van der Waals surface area contributed by atoms with E-state index in [1.807, 2.05) is 34.6 Å². The Kier molecular flexibility index (Phi) is 14.0. The summed E-state index contributed by atoms with van der Waals surface area (Å²) in [5.41, 5.74) is -2.07. The molecule has 0 aromatic carbocycles. The summed E-state index contributed by atoms with van der Waals surface area (Å²) in [6, 6.07) is 0. The molecule has 0 aliphatic rings. The second kappa shape index (κ2) is 13.0. The zero-order valence-corrected chi connectivity index (χ0v) is 18.1. The first-order valence-electron chi connectivity index (χ1n) is 8.92. The summed E-state index contributed by atoms with van der Waals surface area (Å²) in [5, 5.41) is 11.8. The van der Waals surface area contributed by atoms with Gasteiger partial charge in [-0.15, -0.1) is 0 Å². The SMILES string of the molecule is CCC(C)OC(OC(C)CC)C(=O)C(CC)(OC(C)CC)C(=O)[O-].[Ti+]. The molecule has 145 valence electrons. The van der Waals surface area contributed by atoms with Crippen LogP contribution in [0.2, 0.25) is 0 Å². The number of carboxylic acid groups (broad SMARTS) is 1. The summed E-state index contributed by atoms with van der Waals surface area (Å²) in [4.78, 5) is 24.8. The van der Waals surface area contributed by atoms with Gasteiger partial charge in [0, 0.05) is 0 Å². The summed E-state index contributed by atoms with van der Waals surface area (Å²) in [6.45, 7) is 12.6. The molecule has 0 N–H and O–H groups in total. The number of hydrogen-bond donors (Lipinski definition) is 0. The van der Waals surface area contributed by atoms with Gasteiger partial charge in [0.2, 0.25) is 12.1 Å². The largest absolute Gasteiger partial charge is 1.00 e. The van der Waals surface area contributed by atoms with Crippen molar-refractivity contribution in [2.75, 3.05) is 0 Å². The van der Waals surface area contributed by atoms with Crippen molar-refractivity contribution < 1.29 is 50.6 Å². The van der Waals surface area contributed by atoms with Crippen LogP contribution in [0.5, 0.6) is 0 Å². The molecule has 25 heavy (non-hydrogen) atoms. The number of ketones is 1. The molecule has 4 atom stereocenters. The van der Waals surface area contributed by atoms with Crippen molar-refractivity contribution >= 4 is 11.8 Å². The van der Waals surface area contributed by atoms with E-state index in [2.05, 4.69) is 0 Å². The van der Waals surface area contributed by atoms with Crippen LogP contribution < -0.4 is 5.11 Å². The number of carboxylic acids is 1. The number of aliphatic carboxylic acids is 1. The summed E-state index contributed by atoms with van der Waals surface area (Å²) >= 11 is 0. The minimum Gasteiger partial charge on any atom is -0.546 e. The maximum absolute atomic E-state index is 13.0. The van der Waals surface area contributed by atoms with E-state index in [4.69, 9.17) is 14.2 Å². The molecule has 0 aromatic rings. The van der Waals surface area contributed by atoms with E-state index >= 15 is 0 Å². The van der Waals surface area contributed by atoms with Gasteiger partial charge in [-0.1, -0.05) is 27.7 Å². The Labute approximate surface area is 166 Å². The van der Waals surface area contributed by atoms with Crippen LogP contribution >= 0.6 is 0 Å². The number of Topliss-reactive ketones (excluding diaryl/α,β-unsaturated/α-hetero) is 1. The Morgan fingerprint density at radius 2 is 1.28 bits per heavy atom. The van der Waals surface area contributed by atoms with Crippen LogP contribution in [-0.2, 0) is 45.5 Å². The summed E-state index contributed by atoms with van der Waals surface area (Å²) in [7, 11) is 0. The van der Waals surface area contributed by atoms with E-state index in [0.717, 1.165) is 0 Å². The molecule has 0 bridgehead atoms. The van der Waals surface area contributed by atoms with Gasteiger partial charge < -0.3 is 24.1 Å². The first kappa shape index (κ1) is 27.0. The predicted octanol–water partition coefficient (Wildman–Crippen LogP) is 2.22. The molecule has 0 aromatic heterocycles. The van der Waals surface area contributed by atoms with Gasteiger partial charge in [0.05, 0.1) is 24.3 Å². The van der Waals surface area contributed by atoms with Gasteiger partial charge in [-0.2, -0.15) is 0 Å². The van der Waals surface area contributed by atoms with Crippen LogP contribution in [0.25, 0.3) is 0 Å². The van der Waals surface area contributed by atoms with E-state index in [1.165, 1.54) is 0 Å². The molecule has 7 heteroatoms. The van der Waals surface area contributed by atoms with Crippen molar-refractivity contribution in [1.29, 1.82) is 0 Å². The van der Waals surface area contributed by atoms with Crippen LogP contribution in [0, 0.1) is 0 Å². The first-order chi connectivity index (χ1) is 11.2. The molecule has 0 aliphatic carbocycles. The number of hydrogen-bond acceptors (Lipinski definition) is 6. The fourth-order valence-corrected chi connectivity index (χ4v) is 2.00. The summed E-state index contributed by atoms with van der Waals surface area (Å²) < 4.78 is 16.9. The van der Waals surface area contributed by atoms with Crippen molar-refractivity contribution in [2.24, 2.45) is 0 Å². The summed E-state index contributed by atoms with van der Waals surface area (Å²) in [5.74, 6) is -2.30. The Bertz CT molecular complexity index is 391. The molecule has 0 saturated carbocycles. The average molecular weight is 393 g/mol. The maximum atomic E-state index is 13.0. The zero-order chi connectivity index (χ0) is 18.9. The second-order valence-electron chi connectivity index (χ2n) is 6.21. The third-order valence-electron chi connectivity index (χ3n) is 4.28. The van der Waals surface area contributed by atoms with Gasteiger partial charge in [-0.3, -0.25) is 4.79 Å². The first-order valence-corrected chi connectivity index (χ1v) is 8.92. The van der Waals surface area contributed by atoms with Gasteiger partial charge in [-0.25, -0.2) is 0 Å². The van der Waals surface area contributed by atoms with Crippen LogP contribution in [0.15, 0.2) is 0 Å². The van der Waals surface area contributed by atoms with Crippen LogP contribution in [0.1, 0.15) is 74.1 Å². The third kappa shape index (κ3) is 7.87. The molecule has 6 nitrogen and oxygen atoms in total. The van der Waals surface area contributed by atoms with Gasteiger partial charge >= 0.3 is 21.7 Å². The Balaban J connectivity index is 0. The Hall–Kier alpha value is -0.266. The molecule has 0 rings (SSSR count). The van der Waals surface area contributed by atoms with Gasteiger partial charge in [-0.05, 0) is 46.5 Å².